The number of anilines is 2. The Balaban J connectivity index is 1.72. The van der Waals surface area contributed by atoms with E-state index in [9.17, 15) is 14.4 Å². The number of benzene rings is 2. The maximum atomic E-state index is 12.8. The highest BCUT2D eigenvalue weighted by molar-refractivity contribution is 6.16. The lowest BCUT2D eigenvalue weighted by atomic mass is 10.1. The van der Waals surface area contributed by atoms with Crippen molar-refractivity contribution >= 4 is 29.2 Å². The molecule has 1 heterocycles. The van der Waals surface area contributed by atoms with E-state index < -0.39 is 18.0 Å². The van der Waals surface area contributed by atoms with Crippen LogP contribution in [0, 0.1) is 6.92 Å². The quantitative estimate of drug-likeness (QED) is 0.826. The summed E-state index contributed by atoms with van der Waals surface area (Å²) in [7, 11) is 0. The van der Waals surface area contributed by atoms with E-state index in [-0.39, 0.29) is 12.5 Å². The van der Waals surface area contributed by atoms with Crippen molar-refractivity contribution in [3.05, 3.63) is 59.7 Å². The van der Waals surface area contributed by atoms with E-state index in [0.717, 1.165) is 22.4 Å². The summed E-state index contributed by atoms with van der Waals surface area (Å²) in [5.41, 5.74) is 3.46. The molecule has 3 rings (SSSR count). The fourth-order valence-corrected chi connectivity index (χ4v) is 3.12. The second-order valence-electron chi connectivity index (χ2n) is 6.69. The second kappa shape index (κ2) is 7.61. The van der Waals surface area contributed by atoms with Crippen LogP contribution in [-0.2, 0) is 16.0 Å². The van der Waals surface area contributed by atoms with Crippen molar-refractivity contribution in [2.24, 2.45) is 0 Å². The molecule has 0 saturated carbocycles. The van der Waals surface area contributed by atoms with E-state index in [4.69, 9.17) is 0 Å². The zero-order chi connectivity index (χ0) is 19.6. The van der Waals surface area contributed by atoms with Crippen molar-refractivity contribution in [2.45, 2.75) is 33.2 Å². The Morgan fingerprint density at radius 3 is 2.48 bits per heavy atom. The number of nitrogens with one attached hydrogen (secondary N) is 1. The van der Waals surface area contributed by atoms with Gasteiger partial charge in [-0.25, -0.2) is 4.79 Å². The van der Waals surface area contributed by atoms with Gasteiger partial charge in [0.1, 0.15) is 12.6 Å². The molecule has 4 amide bonds. The number of rotatable bonds is 5. The Hall–Kier alpha value is -3.15. The molecule has 0 aliphatic carbocycles. The third kappa shape index (κ3) is 3.84. The minimum Gasteiger partial charge on any atom is -0.325 e. The molecule has 1 aliphatic rings. The lowest BCUT2D eigenvalue weighted by Crippen LogP contribution is -2.39. The van der Waals surface area contributed by atoms with E-state index in [0.29, 0.717) is 11.4 Å². The van der Waals surface area contributed by atoms with Crippen LogP contribution >= 0.6 is 0 Å². The molecule has 0 radical (unpaired) electrons. The molecule has 0 bridgehead atoms. The Labute approximate surface area is 158 Å². The first kappa shape index (κ1) is 18.6. The van der Waals surface area contributed by atoms with Gasteiger partial charge in [0.2, 0.25) is 5.91 Å². The Morgan fingerprint density at radius 2 is 1.81 bits per heavy atom. The van der Waals surface area contributed by atoms with Crippen LogP contribution in [0.3, 0.4) is 0 Å². The van der Waals surface area contributed by atoms with Gasteiger partial charge >= 0.3 is 6.03 Å². The molecule has 0 unspecified atom stereocenters. The molecule has 0 spiro atoms. The summed E-state index contributed by atoms with van der Waals surface area (Å²) < 4.78 is 0. The molecule has 140 valence electrons. The molecule has 6 heteroatoms. The Kier molecular flexibility index (Phi) is 5.26. The molecule has 1 atom stereocenters. The smallest absolute Gasteiger partial charge is 0.325 e. The first-order chi connectivity index (χ1) is 12.9. The normalized spacial score (nSPS) is 16.8. The monoisotopic (exact) mass is 365 g/mol. The van der Waals surface area contributed by atoms with E-state index in [1.54, 1.807) is 25.1 Å². The fourth-order valence-electron chi connectivity index (χ4n) is 3.12. The maximum Gasteiger partial charge on any atom is 0.332 e. The SMILES string of the molecule is CCc1cccc(NC(=O)CN2C(=O)[C@H](C)N(c3ccc(C)cc3)C2=O)c1. The van der Waals surface area contributed by atoms with Gasteiger partial charge in [0, 0.05) is 11.4 Å². The lowest BCUT2D eigenvalue weighted by Gasteiger charge is -2.19. The highest BCUT2D eigenvalue weighted by Crippen LogP contribution is 2.26. The predicted molar refractivity (Wildman–Crippen MR) is 105 cm³/mol. The molecule has 27 heavy (non-hydrogen) atoms. The number of aryl methyl sites for hydroxylation is 2. The summed E-state index contributed by atoms with van der Waals surface area (Å²) >= 11 is 0. The van der Waals surface area contributed by atoms with Crippen LogP contribution in [0.15, 0.2) is 48.5 Å². The number of imide groups is 1. The highest BCUT2D eigenvalue weighted by atomic mass is 16.2. The van der Waals surface area contributed by atoms with E-state index in [1.807, 2.05) is 44.2 Å². The fraction of sp³-hybridized carbons (Fsp3) is 0.286. The van der Waals surface area contributed by atoms with Gasteiger partial charge < -0.3 is 5.32 Å². The van der Waals surface area contributed by atoms with Gasteiger partial charge in [-0.3, -0.25) is 19.4 Å². The Bertz CT molecular complexity index is 876. The topological polar surface area (TPSA) is 69.7 Å². The zero-order valence-corrected chi connectivity index (χ0v) is 15.7. The molecule has 1 saturated heterocycles. The summed E-state index contributed by atoms with van der Waals surface area (Å²) in [6.07, 6.45) is 0.857. The van der Waals surface area contributed by atoms with E-state index in [2.05, 4.69) is 5.32 Å². The number of carbonyl (C=O) groups excluding carboxylic acids is 3. The standard InChI is InChI=1S/C21H23N3O3/c1-4-16-6-5-7-17(12-16)22-19(25)13-23-20(26)15(3)24(21(23)27)18-10-8-14(2)9-11-18/h5-12,15H,4,13H2,1-3H3,(H,22,25)/t15-/m0/s1. The minimum absolute atomic E-state index is 0.305. The first-order valence-electron chi connectivity index (χ1n) is 9.00. The van der Waals surface area contributed by atoms with Gasteiger partial charge in [-0.2, -0.15) is 0 Å². The van der Waals surface area contributed by atoms with Crippen LogP contribution < -0.4 is 10.2 Å². The van der Waals surface area contributed by atoms with Crippen LogP contribution in [-0.4, -0.2) is 35.3 Å². The summed E-state index contributed by atoms with van der Waals surface area (Å²) in [5.74, 6) is -0.777. The number of urea groups is 1. The van der Waals surface area contributed by atoms with Crippen molar-refractivity contribution in [3.8, 4) is 0 Å². The molecule has 2 aromatic rings. The van der Waals surface area contributed by atoms with Crippen molar-refractivity contribution in [2.75, 3.05) is 16.8 Å². The van der Waals surface area contributed by atoms with Crippen molar-refractivity contribution < 1.29 is 14.4 Å². The summed E-state index contributed by atoms with van der Waals surface area (Å²) in [4.78, 5) is 40.1. The van der Waals surface area contributed by atoms with Gasteiger partial charge in [0.15, 0.2) is 0 Å². The average Bonchev–Trinajstić information content (AvgIpc) is 2.86. The molecule has 0 aromatic heterocycles. The molecule has 1 N–H and O–H groups in total. The van der Waals surface area contributed by atoms with Crippen LogP contribution in [0.25, 0.3) is 0 Å². The maximum absolute atomic E-state index is 12.8. The first-order valence-corrected chi connectivity index (χ1v) is 9.00. The minimum atomic E-state index is -0.642. The lowest BCUT2D eigenvalue weighted by molar-refractivity contribution is -0.130. The van der Waals surface area contributed by atoms with E-state index >= 15 is 0 Å². The third-order valence-corrected chi connectivity index (χ3v) is 4.68. The van der Waals surface area contributed by atoms with Gasteiger partial charge in [-0.05, 0) is 50.1 Å². The third-order valence-electron chi connectivity index (χ3n) is 4.68. The predicted octanol–water partition coefficient (Wildman–Crippen LogP) is 3.35. The van der Waals surface area contributed by atoms with Gasteiger partial charge in [0.05, 0.1) is 0 Å². The zero-order valence-electron chi connectivity index (χ0n) is 15.7. The Morgan fingerprint density at radius 1 is 1.11 bits per heavy atom. The molecule has 2 aromatic carbocycles. The van der Waals surface area contributed by atoms with Crippen molar-refractivity contribution in [3.63, 3.8) is 0 Å². The van der Waals surface area contributed by atoms with Crippen molar-refractivity contribution in [1.82, 2.24) is 4.90 Å². The molecule has 6 nitrogen and oxygen atoms in total. The molecule has 1 aliphatic heterocycles. The number of hydrogen-bond acceptors (Lipinski definition) is 3. The number of amides is 4. The van der Waals surface area contributed by atoms with Crippen molar-refractivity contribution in [1.29, 1.82) is 0 Å². The molecular formula is C21H23N3O3. The highest BCUT2D eigenvalue weighted by Gasteiger charge is 2.44. The van der Waals surface area contributed by atoms with Gasteiger partial charge in [0.25, 0.3) is 5.91 Å². The number of nitrogens with zero attached hydrogens (tertiary/aromatic N) is 2. The van der Waals surface area contributed by atoms with E-state index in [1.165, 1.54) is 4.90 Å². The number of carbonyl (C=O) groups is 3. The summed E-state index contributed by atoms with van der Waals surface area (Å²) in [6, 6.07) is 13.8. The largest absolute Gasteiger partial charge is 0.332 e. The van der Waals surface area contributed by atoms with Gasteiger partial charge in [-0.1, -0.05) is 36.8 Å². The van der Waals surface area contributed by atoms with Crippen LogP contribution in [0.2, 0.25) is 0 Å². The number of hydrogen-bond donors (Lipinski definition) is 1. The summed E-state index contributed by atoms with van der Waals surface area (Å²) in [5, 5.41) is 2.76. The van der Waals surface area contributed by atoms with Crippen LogP contribution in [0.1, 0.15) is 25.0 Å². The van der Waals surface area contributed by atoms with Gasteiger partial charge in [-0.15, -0.1) is 0 Å². The average molecular weight is 365 g/mol. The van der Waals surface area contributed by atoms with Crippen LogP contribution in [0.5, 0.6) is 0 Å². The molecular weight excluding hydrogens is 342 g/mol. The summed E-state index contributed by atoms with van der Waals surface area (Å²) in [6.45, 7) is 5.35. The second-order valence-corrected chi connectivity index (χ2v) is 6.69. The molecule has 1 fully saturated rings. The van der Waals surface area contributed by atoms with Crippen LogP contribution in [0.4, 0.5) is 16.2 Å².